The molecule has 0 N–H and O–H groups in total. The average Bonchev–Trinajstić information content (AvgIpc) is 3.35. The van der Waals surface area contributed by atoms with Crippen molar-refractivity contribution in [2.24, 2.45) is 13.0 Å². The summed E-state index contributed by atoms with van der Waals surface area (Å²) in [6.45, 7) is 5.90. The number of benzene rings is 1. The van der Waals surface area contributed by atoms with Crippen molar-refractivity contribution in [1.82, 2.24) is 14.5 Å². The molecule has 1 saturated carbocycles. The first-order chi connectivity index (χ1) is 12.7. The van der Waals surface area contributed by atoms with Crippen LogP contribution >= 0.6 is 0 Å². The fourth-order valence-electron chi connectivity index (χ4n) is 3.92. The predicted octanol–water partition coefficient (Wildman–Crippen LogP) is 2.27. The lowest BCUT2D eigenvalue weighted by Crippen LogP contribution is -2.49. The second-order valence-electron chi connectivity index (χ2n) is 7.09. The third kappa shape index (κ3) is 3.16. The minimum absolute atomic E-state index is 0.132. The molecule has 2 heterocycles. The molecular weight excluding hydrogens is 328 g/mol. The van der Waals surface area contributed by atoms with Gasteiger partial charge in [0.1, 0.15) is 5.75 Å². The molecule has 6 nitrogen and oxygen atoms in total. The summed E-state index contributed by atoms with van der Waals surface area (Å²) in [4.78, 5) is 21.4. The van der Waals surface area contributed by atoms with E-state index in [1.165, 1.54) is 5.69 Å². The summed E-state index contributed by atoms with van der Waals surface area (Å²) in [5, 5.41) is 0. The van der Waals surface area contributed by atoms with Crippen LogP contribution in [0.2, 0.25) is 0 Å². The number of aryl methyl sites for hydroxylation is 1. The van der Waals surface area contributed by atoms with Crippen LogP contribution in [0.3, 0.4) is 0 Å². The lowest BCUT2D eigenvalue weighted by molar-refractivity contribution is -0.133. The quantitative estimate of drug-likeness (QED) is 0.827. The second kappa shape index (κ2) is 7.02. The number of rotatable bonds is 5. The normalized spacial score (nSPS) is 22.4. The molecule has 1 saturated heterocycles. The van der Waals surface area contributed by atoms with E-state index in [1.54, 1.807) is 0 Å². The molecule has 26 heavy (non-hydrogen) atoms. The highest BCUT2D eigenvalue weighted by Gasteiger charge is 2.47. The number of anilines is 1. The fraction of sp³-hybridized carbons (Fsp3) is 0.500. The molecular formula is C20H26N4O2. The maximum absolute atomic E-state index is 12.8. The Bertz CT molecular complexity index is 780. The minimum atomic E-state index is 0.132. The number of para-hydroxylation sites is 2. The summed E-state index contributed by atoms with van der Waals surface area (Å²) in [5.41, 5.74) is 2.30. The van der Waals surface area contributed by atoms with E-state index in [0.29, 0.717) is 18.4 Å². The van der Waals surface area contributed by atoms with E-state index < -0.39 is 0 Å². The number of hydrogen-bond donors (Lipinski definition) is 0. The molecule has 2 aromatic rings. The summed E-state index contributed by atoms with van der Waals surface area (Å²) in [7, 11) is 2.00. The van der Waals surface area contributed by atoms with Crippen molar-refractivity contribution in [2.45, 2.75) is 19.3 Å². The zero-order valence-corrected chi connectivity index (χ0v) is 15.5. The number of piperazine rings is 1. The first-order valence-electron chi connectivity index (χ1n) is 9.40. The molecule has 0 unspecified atom stereocenters. The van der Waals surface area contributed by atoms with Gasteiger partial charge in [0, 0.05) is 57.0 Å². The third-order valence-corrected chi connectivity index (χ3v) is 5.44. The van der Waals surface area contributed by atoms with Gasteiger partial charge in [0.15, 0.2) is 0 Å². The van der Waals surface area contributed by atoms with Crippen LogP contribution in [0, 0.1) is 5.92 Å². The molecule has 0 bridgehead atoms. The highest BCUT2D eigenvalue weighted by atomic mass is 16.5. The van der Waals surface area contributed by atoms with E-state index >= 15 is 0 Å². The van der Waals surface area contributed by atoms with Crippen LogP contribution < -0.4 is 9.64 Å². The Hall–Kier alpha value is -2.50. The molecule has 6 heteroatoms. The van der Waals surface area contributed by atoms with Gasteiger partial charge in [-0.2, -0.15) is 0 Å². The first kappa shape index (κ1) is 16.9. The van der Waals surface area contributed by atoms with Gasteiger partial charge in [0.25, 0.3) is 0 Å². The number of carbonyl (C=O) groups is 1. The van der Waals surface area contributed by atoms with Crippen molar-refractivity contribution < 1.29 is 9.53 Å². The lowest BCUT2D eigenvalue weighted by atomic mass is 10.2. The Morgan fingerprint density at radius 2 is 2.00 bits per heavy atom. The molecule has 2 aliphatic rings. The van der Waals surface area contributed by atoms with Gasteiger partial charge in [-0.25, -0.2) is 4.98 Å². The van der Waals surface area contributed by atoms with E-state index in [4.69, 9.17) is 4.74 Å². The van der Waals surface area contributed by atoms with E-state index in [2.05, 4.69) is 16.0 Å². The van der Waals surface area contributed by atoms with Crippen LogP contribution in [-0.2, 0) is 11.8 Å². The Balaban J connectivity index is 1.36. The smallest absolute Gasteiger partial charge is 0.226 e. The fourth-order valence-corrected chi connectivity index (χ4v) is 3.92. The SMILES string of the molecule is CCOc1ccccc1N1CCN(C(=O)[C@@H]2C[C@H]2c2cncn2C)CC1. The van der Waals surface area contributed by atoms with Gasteiger partial charge >= 0.3 is 0 Å². The molecule has 1 aromatic heterocycles. The molecule has 4 rings (SSSR count). The highest BCUT2D eigenvalue weighted by molar-refractivity contribution is 5.83. The Labute approximate surface area is 154 Å². The topological polar surface area (TPSA) is 50.6 Å². The molecule has 1 aliphatic heterocycles. The van der Waals surface area contributed by atoms with Gasteiger partial charge in [-0.1, -0.05) is 12.1 Å². The van der Waals surface area contributed by atoms with Gasteiger partial charge in [0.2, 0.25) is 5.91 Å². The zero-order chi connectivity index (χ0) is 18.1. The molecule has 1 aromatic carbocycles. The molecule has 138 valence electrons. The average molecular weight is 354 g/mol. The second-order valence-corrected chi connectivity index (χ2v) is 7.09. The van der Waals surface area contributed by atoms with Crippen LogP contribution in [0.15, 0.2) is 36.8 Å². The maximum Gasteiger partial charge on any atom is 0.226 e. The summed E-state index contributed by atoms with van der Waals surface area (Å²) in [5.74, 6) is 1.70. The summed E-state index contributed by atoms with van der Waals surface area (Å²) >= 11 is 0. The minimum Gasteiger partial charge on any atom is -0.492 e. The first-order valence-corrected chi connectivity index (χ1v) is 9.40. The molecule has 1 amide bonds. The van der Waals surface area contributed by atoms with Crippen molar-refractivity contribution in [3.8, 4) is 5.75 Å². The van der Waals surface area contributed by atoms with Crippen LogP contribution in [0.4, 0.5) is 5.69 Å². The molecule has 1 aliphatic carbocycles. The summed E-state index contributed by atoms with van der Waals surface area (Å²) in [6, 6.07) is 8.15. The number of carbonyl (C=O) groups excluding carboxylic acids is 1. The number of aromatic nitrogens is 2. The summed E-state index contributed by atoms with van der Waals surface area (Å²) in [6.07, 6.45) is 4.65. The monoisotopic (exact) mass is 354 g/mol. The van der Waals surface area contributed by atoms with Crippen LogP contribution in [0.25, 0.3) is 0 Å². The number of amides is 1. The van der Waals surface area contributed by atoms with E-state index in [1.807, 2.05) is 54.2 Å². The number of imidazole rings is 1. The van der Waals surface area contributed by atoms with Gasteiger partial charge < -0.3 is 19.1 Å². The number of nitrogens with zero attached hydrogens (tertiary/aromatic N) is 4. The zero-order valence-electron chi connectivity index (χ0n) is 15.5. The van der Waals surface area contributed by atoms with Gasteiger partial charge in [-0.05, 0) is 25.5 Å². The molecule has 2 atom stereocenters. The van der Waals surface area contributed by atoms with Gasteiger partial charge in [-0.15, -0.1) is 0 Å². The van der Waals surface area contributed by atoms with E-state index in [0.717, 1.165) is 44.0 Å². The Morgan fingerprint density at radius 3 is 2.69 bits per heavy atom. The van der Waals surface area contributed by atoms with Crippen molar-refractivity contribution in [3.05, 3.63) is 42.5 Å². The van der Waals surface area contributed by atoms with Crippen LogP contribution in [0.5, 0.6) is 5.75 Å². The van der Waals surface area contributed by atoms with E-state index in [9.17, 15) is 4.79 Å². The maximum atomic E-state index is 12.8. The molecule has 2 fully saturated rings. The third-order valence-electron chi connectivity index (χ3n) is 5.44. The van der Waals surface area contributed by atoms with E-state index in [-0.39, 0.29) is 5.92 Å². The largest absolute Gasteiger partial charge is 0.492 e. The highest BCUT2D eigenvalue weighted by Crippen LogP contribution is 2.48. The standard InChI is InChI=1S/C20H26N4O2/c1-3-26-19-7-5-4-6-17(19)23-8-10-24(11-9-23)20(25)16-12-15(16)18-13-21-14-22(18)2/h4-7,13-16H,3,8-12H2,1-2H3/t15-,16-/m1/s1. The Morgan fingerprint density at radius 1 is 1.23 bits per heavy atom. The molecule has 0 spiro atoms. The molecule has 0 radical (unpaired) electrons. The van der Waals surface area contributed by atoms with Crippen LogP contribution in [0.1, 0.15) is 25.0 Å². The predicted molar refractivity (Wildman–Crippen MR) is 100 cm³/mol. The van der Waals surface area contributed by atoms with Crippen molar-refractivity contribution >= 4 is 11.6 Å². The van der Waals surface area contributed by atoms with Crippen LogP contribution in [-0.4, -0.2) is 53.1 Å². The van der Waals surface area contributed by atoms with Crippen molar-refractivity contribution in [2.75, 3.05) is 37.7 Å². The summed E-state index contributed by atoms with van der Waals surface area (Å²) < 4.78 is 7.78. The van der Waals surface area contributed by atoms with Crippen molar-refractivity contribution in [1.29, 1.82) is 0 Å². The number of hydrogen-bond acceptors (Lipinski definition) is 4. The lowest BCUT2D eigenvalue weighted by Gasteiger charge is -2.37. The van der Waals surface area contributed by atoms with Crippen molar-refractivity contribution in [3.63, 3.8) is 0 Å². The Kier molecular flexibility index (Phi) is 4.57. The van der Waals surface area contributed by atoms with Gasteiger partial charge in [-0.3, -0.25) is 4.79 Å². The van der Waals surface area contributed by atoms with Gasteiger partial charge in [0.05, 0.1) is 18.6 Å². The number of ether oxygens (including phenoxy) is 1.